The number of hydrogen-bond acceptors (Lipinski definition) is 2. The van der Waals surface area contributed by atoms with Gasteiger partial charge in [-0.3, -0.25) is 0 Å². The number of benzene rings is 2. The van der Waals surface area contributed by atoms with E-state index in [2.05, 4.69) is 0 Å². The van der Waals surface area contributed by atoms with Gasteiger partial charge >= 0.3 is 0 Å². The average Bonchev–Trinajstić information content (AvgIpc) is 2.38. The molecule has 0 saturated heterocycles. The van der Waals surface area contributed by atoms with E-state index in [1.165, 1.54) is 12.1 Å². The summed E-state index contributed by atoms with van der Waals surface area (Å²) in [4.78, 5) is 0. The molecule has 2 nitrogen and oxygen atoms in total. The van der Waals surface area contributed by atoms with E-state index >= 15 is 0 Å². The number of nitrogens with zero attached hydrogens (tertiary/aromatic N) is 1. The van der Waals surface area contributed by atoms with Gasteiger partial charge in [-0.2, -0.15) is 5.26 Å². The van der Waals surface area contributed by atoms with E-state index in [-0.39, 0.29) is 5.82 Å². The van der Waals surface area contributed by atoms with Crippen molar-refractivity contribution in [2.24, 2.45) is 0 Å². The zero-order valence-electron chi connectivity index (χ0n) is 9.89. The summed E-state index contributed by atoms with van der Waals surface area (Å²) in [6.45, 7) is 1.75. The van der Waals surface area contributed by atoms with Crippen LogP contribution in [0.3, 0.4) is 0 Å². The lowest BCUT2D eigenvalue weighted by Crippen LogP contribution is -2.02. The Hall–Kier alpha value is -2.18. The largest absolute Gasteiger partial charge is 0.384 e. The van der Waals surface area contributed by atoms with Gasteiger partial charge in [-0.25, -0.2) is 4.39 Å². The van der Waals surface area contributed by atoms with E-state index in [1.54, 1.807) is 37.3 Å². The number of halogens is 1. The maximum absolute atomic E-state index is 13.0. The van der Waals surface area contributed by atoms with Crippen LogP contribution in [0.5, 0.6) is 0 Å². The van der Waals surface area contributed by atoms with Crippen LogP contribution in [0.2, 0.25) is 0 Å². The maximum atomic E-state index is 13.0. The molecule has 0 aliphatic rings. The number of aryl methyl sites for hydroxylation is 1. The molecule has 2 aromatic carbocycles. The molecule has 1 atom stereocenters. The Labute approximate surface area is 105 Å². The third kappa shape index (κ3) is 2.39. The number of nitriles is 1. The SMILES string of the molecule is Cc1cc(F)ccc1C(O)c1cccc(C#N)c1. The van der Waals surface area contributed by atoms with Gasteiger partial charge in [0.25, 0.3) is 0 Å². The minimum absolute atomic E-state index is 0.325. The van der Waals surface area contributed by atoms with Crippen LogP contribution in [-0.4, -0.2) is 5.11 Å². The van der Waals surface area contributed by atoms with Gasteiger partial charge in [0.15, 0.2) is 0 Å². The first-order valence-corrected chi connectivity index (χ1v) is 5.56. The fourth-order valence-electron chi connectivity index (χ4n) is 1.90. The van der Waals surface area contributed by atoms with Crippen molar-refractivity contribution >= 4 is 0 Å². The predicted molar refractivity (Wildman–Crippen MR) is 66.4 cm³/mol. The highest BCUT2D eigenvalue weighted by Gasteiger charge is 2.13. The number of rotatable bonds is 2. The van der Waals surface area contributed by atoms with Crippen molar-refractivity contribution in [3.63, 3.8) is 0 Å². The van der Waals surface area contributed by atoms with E-state index in [0.717, 1.165) is 0 Å². The highest BCUT2D eigenvalue weighted by molar-refractivity contribution is 5.39. The van der Waals surface area contributed by atoms with Crippen molar-refractivity contribution in [3.8, 4) is 6.07 Å². The molecule has 0 radical (unpaired) electrons. The predicted octanol–water partition coefficient (Wildman–Crippen LogP) is 3.09. The van der Waals surface area contributed by atoms with Gasteiger partial charge in [0.2, 0.25) is 0 Å². The molecule has 90 valence electrons. The molecule has 0 amide bonds. The van der Waals surface area contributed by atoms with Gasteiger partial charge in [-0.15, -0.1) is 0 Å². The first-order valence-electron chi connectivity index (χ1n) is 5.56. The minimum atomic E-state index is -0.848. The van der Waals surface area contributed by atoms with Crippen molar-refractivity contribution in [2.75, 3.05) is 0 Å². The first-order chi connectivity index (χ1) is 8.61. The normalized spacial score (nSPS) is 11.9. The van der Waals surface area contributed by atoms with Crippen LogP contribution in [0.15, 0.2) is 42.5 Å². The van der Waals surface area contributed by atoms with Crippen molar-refractivity contribution < 1.29 is 9.50 Å². The van der Waals surface area contributed by atoms with Crippen LogP contribution >= 0.6 is 0 Å². The van der Waals surface area contributed by atoms with E-state index in [9.17, 15) is 9.50 Å². The monoisotopic (exact) mass is 241 g/mol. The molecule has 1 N–H and O–H groups in total. The molecule has 0 aromatic heterocycles. The standard InChI is InChI=1S/C15H12FNO/c1-10-7-13(16)5-6-14(10)15(18)12-4-2-3-11(8-12)9-17/h2-8,15,18H,1H3. The summed E-state index contributed by atoms with van der Waals surface area (Å²) in [5, 5.41) is 19.1. The van der Waals surface area contributed by atoms with Crippen LogP contribution < -0.4 is 0 Å². The van der Waals surface area contributed by atoms with Crippen LogP contribution in [0, 0.1) is 24.1 Å². The second kappa shape index (κ2) is 4.99. The van der Waals surface area contributed by atoms with Crippen molar-refractivity contribution in [1.82, 2.24) is 0 Å². The Morgan fingerprint density at radius 2 is 2.00 bits per heavy atom. The highest BCUT2D eigenvalue weighted by atomic mass is 19.1. The fraction of sp³-hybridized carbons (Fsp3) is 0.133. The van der Waals surface area contributed by atoms with Gasteiger partial charge in [0, 0.05) is 0 Å². The first kappa shape index (κ1) is 12.3. The van der Waals surface area contributed by atoms with Gasteiger partial charge in [0.1, 0.15) is 11.9 Å². The second-order valence-corrected chi connectivity index (χ2v) is 4.14. The molecule has 18 heavy (non-hydrogen) atoms. The summed E-state index contributed by atoms with van der Waals surface area (Å²) in [7, 11) is 0. The molecule has 0 aliphatic carbocycles. The fourth-order valence-corrected chi connectivity index (χ4v) is 1.90. The minimum Gasteiger partial charge on any atom is -0.384 e. The van der Waals surface area contributed by atoms with Crippen LogP contribution in [0.1, 0.15) is 28.4 Å². The van der Waals surface area contributed by atoms with Crippen molar-refractivity contribution in [2.45, 2.75) is 13.0 Å². The highest BCUT2D eigenvalue weighted by Crippen LogP contribution is 2.25. The Balaban J connectivity index is 2.41. The topological polar surface area (TPSA) is 44.0 Å². The van der Waals surface area contributed by atoms with Crippen LogP contribution in [0.25, 0.3) is 0 Å². The van der Waals surface area contributed by atoms with E-state index < -0.39 is 6.10 Å². The van der Waals surface area contributed by atoms with E-state index in [0.29, 0.717) is 22.3 Å². The lowest BCUT2D eigenvalue weighted by molar-refractivity contribution is 0.219. The molecular formula is C15H12FNO. The average molecular weight is 241 g/mol. The number of hydrogen-bond donors (Lipinski definition) is 1. The molecule has 0 spiro atoms. The van der Waals surface area contributed by atoms with Gasteiger partial charge in [0.05, 0.1) is 11.6 Å². The van der Waals surface area contributed by atoms with Gasteiger partial charge in [-0.05, 0) is 47.9 Å². The van der Waals surface area contributed by atoms with Crippen LogP contribution in [-0.2, 0) is 0 Å². The maximum Gasteiger partial charge on any atom is 0.123 e. The summed E-state index contributed by atoms with van der Waals surface area (Å²) >= 11 is 0. The molecule has 0 saturated carbocycles. The molecule has 3 heteroatoms. The molecule has 0 heterocycles. The summed E-state index contributed by atoms with van der Waals surface area (Å²) < 4.78 is 13.0. The van der Waals surface area contributed by atoms with Crippen molar-refractivity contribution in [3.05, 3.63) is 70.5 Å². The smallest absolute Gasteiger partial charge is 0.123 e. The lowest BCUT2D eigenvalue weighted by atomic mass is 9.96. The molecular weight excluding hydrogens is 229 g/mol. The molecule has 2 aromatic rings. The molecule has 0 bridgehead atoms. The zero-order chi connectivity index (χ0) is 13.1. The molecule has 2 rings (SSSR count). The molecule has 1 unspecified atom stereocenters. The van der Waals surface area contributed by atoms with E-state index in [4.69, 9.17) is 5.26 Å². The Kier molecular flexibility index (Phi) is 3.40. The third-order valence-corrected chi connectivity index (χ3v) is 2.86. The summed E-state index contributed by atoms with van der Waals surface area (Å²) in [6.07, 6.45) is -0.848. The summed E-state index contributed by atoms with van der Waals surface area (Å²) in [5.41, 5.74) is 2.45. The zero-order valence-corrected chi connectivity index (χ0v) is 9.89. The van der Waals surface area contributed by atoms with E-state index in [1.807, 2.05) is 6.07 Å². The number of aliphatic hydroxyl groups is 1. The lowest BCUT2D eigenvalue weighted by Gasteiger charge is -2.14. The Morgan fingerprint density at radius 1 is 1.22 bits per heavy atom. The summed E-state index contributed by atoms with van der Waals surface area (Å²) in [5.74, 6) is -0.325. The molecule has 0 fully saturated rings. The Bertz CT molecular complexity index is 616. The summed E-state index contributed by atoms with van der Waals surface area (Å²) in [6, 6.07) is 13.1. The second-order valence-electron chi connectivity index (χ2n) is 4.14. The van der Waals surface area contributed by atoms with Crippen LogP contribution in [0.4, 0.5) is 4.39 Å². The van der Waals surface area contributed by atoms with Crippen molar-refractivity contribution in [1.29, 1.82) is 5.26 Å². The van der Waals surface area contributed by atoms with Gasteiger partial charge in [-0.1, -0.05) is 18.2 Å². The third-order valence-electron chi connectivity index (χ3n) is 2.86. The number of aliphatic hydroxyl groups excluding tert-OH is 1. The Morgan fingerprint density at radius 3 is 2.67 bits per heavy atom. The van der Waals surface area contributed by atoms with Gasteiger partial charge < -0.3 is 5.11 Å². The quantitative estimate of drug-likeness (QED) is 0.878. The molecule has 0 aliphatic heterocycles.